The number of nitrogens with one attached hydrogen (secondary N) is 1. The molecule has 1 aromatic heterocycles. The number of aromatic nitrogens is 1. The molecule has 3 aromatic rings. The molecule has 0 aliphatic carbocycles. The van der Waals surface area contributed by atoms with Gasteiger partial charge in [-0.1, -0.05) is 30.3 Å². The van der Waals surface area contributed by atoms with Crippen molar-refractivity contribution in [3.05, 3.63) is 84.2 Å². The number of rotatable bonds is 4. The Bertz CT molecular complexity index is 1040. The maximum absolute atomic E-state index is 12.7. The van der Waals surface area contributed by atoms with Gasteiger partial charge in [0.1, 0.15) is 6.07 Å². The van der Waals surface area contributed by atoms with Gasteiger partial charge in [0.25, 0.3) is 5.91 Å². The van der Waals surface area contributed by atoms with Crippen LogP contribution in [0.4, 0.5) is 17.1 Å². The minimum Gasteiger partial charge on any atom is -0.368 e. The average molecular weight is 383 g/mol. The van der Waals surface area contributed by atoms with Crippen molar-refractivity contribution in [2.75, 3.05) is 41.3 Å². The van der Waals surface area contributed by atoms with Crippen LogP contribution in [0, 0.1) is 11.3 Å². The third-order valence-corrected chi connectivity index (χ3v) is 5.05. The molecule has 4 rings (SSSR count). The molecular weight excluding hydrogens is 362 g/mol. The number of carbonyl (C=O) groups excluding carboxylic acids is 1. The molecule has 1 amide bonds. The number of pyridine rings is 1. The maximum atomic E-state index is 12.7. The van der Waals surface area contributed by atoms with Crippen molar-refractivity contribution in [1.29, 1.82) is 5.26 Å². The largest absolute Gasteiger partial charge is 0.368 e. The monoisotopic (exact) mass is 383 g/mol. The second-order valence-electron chi connectivity index (χ2n) is 6.85. The number of nitriles is 1. The highest BCUT2D eigenvalue weighted by Gasteiger charge is 2.19. The standard InChI is InChI=1S/C23H21N5O/c24-15-18-6-4-5-9-22(18)26-23(29)19-14-21(17-25-16-19)28-12-10-27(11-13-28)20-7-2-1-3-8-20/h1-9,14,16-17H,10-13H2,(H,26,29). The van der Waals surface area contributed by atoms with Crippen molar-refractivity contribution in [1.82, 2.24) is 4.98 Å². The van der Waals surface area contributed by atoms with Crippen molar-refractivity contribution < 1.29 is 4.79 Å². The Morgan fingerprint density at radius 2 is 1.55 bits per heavy atom. The highest BCUT2D eigenvalue weighted by molar-refractivity contribution is 6.05. The van der Waals surface area contributed by atoms with Gasteiger partial charge in [-0.3, -0.25) is 9.78 Å². The number of hydrogen-bond donors (Lipinski definition) is 1. The third kappa shape index (κ3) is 4.19. The SMILES string of the molecule is N#Cc1ccccc1NC(=O)c1cncc(N2CCN(c3ccccc3)CC2)c1. The molecule has 1 fully saturated rings. The number of piperazine rings is 1. The number of carbonyl (C=O) groups is 1. The van der Waals surface area contributed by atoms with E-state index in [4.69, 9.17) is 0 Å². The van der Waals surface area contributed by atoms with Crippen LogP contribution in [0.15, 0.2) is 73.1 Å². The molecule has 6 nitrogen and oxygen atoms in total. The van der Waals surface area contributed by atoms with Gasteiger partial charge in [0.15, 0.2) is 0 Å². The lowest BCUT2D eigenvalue weighted by molar-refractivity contribution is 0.102. The van der Waals surface area contributed by atoms with E-state index in [-0.39, 0.29) is 5.91 Å². The first-order chi connectivity index (χ1) is 14.2. The number of benzene rings is 2. The van der Waals surface area contributed by atoms with Crippen LogP contribution in [0.3, 0.4) is 0 Å². The molecule has 0 atom stereocenters. The van der Waals surface area contributed by atoms with Gasteiger partial charge in [-0.25, -0.2) is 0 Å². The van der Waals surface area contributed by atoms with E-state index in [9.17, 15) is 10.1 Å². The summed E-state index contributed by atoms with van der Waals surface area (Å²) in [6, 6.07) is 21.3. The summed E-state index contributed by atoms with van der Waals surface area (Å²) in [6.07, 6.45) is 3.34. The third-order valence-electron chi connectivity index (χ3n) is 5.05. The molecule has 6 heteroatoms. The van der Waals surface area contributed by atoms with Crippen LogP contribution >= 0.6 is 0 Å². The Labute approximate surface area is 170 Å². The topological polar surface area (TPSA) is 72.3 Å². The average Bonchev–Trinajstić information content (AvgIpc) is 2.80. The van der Waals surface area contributed by atoms with Crippen molar-refractivity contribution >= 4 is 23.0 Å². The summed E-state index contributed by atoms with van der Waals surface area (Å²) < 4.78 is 0. The van der Waals surface area contributed by atoms with Crippen LogP contribution in [-0.2, 0) is 0 Å². The highest BCUT2D eigenvalue weighted by Crippen LogP contribution is 2.21. The van der Waals surface area contributed by atoms with E-state index in [0.29, 0.717) is 16.8 Å². The molecule has 1 N–H and O–H groups in total. The lowest BCUT2D eigenvalue weighted by Crippen LogP contribution is -2.46. The Balaban J connectivity index is 1.44. The zero-order valence-electron chi connectivity index (χ0n) is 16.0. The predicted molar refractivity (Wildman–Crippen MR) is 114 cm³/mol. The van der Waals surface area contributed by atoms with E-state index < -0.39 is 0 Å². The number of nitrogens with zero attached hydrogens (tertiary/aromatic N) is 4. The minimum atomic E-state index is -0.273. The predicted octanol–water partition coefficient (Wildman–Crippen LogP) is 3.53. The van der Waals surface area contributed by atoms with Gasteiger partial charge in [-0.15, -0.1) is 0 Å². The van der Waals surface area contributed by atoms with Gasteiger partial charge >= 0.3 is 0 Å². The molecule has 1 aliphatic rings. The molecule has 144 valence electrons. The zero-order chi connectivity index (χ0) is 20.1. The van der Waals surface area contributed by atoms with Crippen LogP contribution in [0.5, 0.6) is 0 Å². The van der Waals surface area contributed by atoms with E-state index in [1.165, 1.54) is 5.69 Å². The van der Waals surface area contributed by atoms with Gasteiger partial charge in [0, 0.05) is 38.1 Å². The summed E-state index contributed by atoms with van der Waals surface area (Å²) >= 11 is 0. The van der Waals surface area contributed by atoms with E-state index in [1.807, 2.05) is 12.1 Å². The molecule has 0 unspecified atom stereocenters. The first-order valence-corrected chi connectivity index (χ1v) is 9.55. The molecule has 2 aromatic carbocycles. The van der Waals surface area contributed by atoms with Crippen LogP contribution in [0.1, 0.15) is 15.9 Å². The second-order valence-corrected chi connectivity index (χ2v) is 6.85. The van der Waals surface area contributed by atoms with E-state index in [2.05, 4.69) is 50.4 Å². The van der Waals surface area contributed by atoms with Crippen molar-refractivity contribution in [2.24, 2.45) is 0 Å². The number of anilines is 3. The lowest BCUT2D eigenvalue weighted by Gasteiger charge is -2.37. The van der Waals surface area contributed by atoms with E-state index in [0.717, 1.165) is 31.9 Å². The van der Waals surface area contributed by atoms with Crippen LogP contribution in [0.2, 0.25) is 0 Å². The molecule has 29 heavy (non-hydrogen) atoms. The normalized spacial score (nSPS) is 13.6. The van der Waals surface area contributed by atoms with Crippen LogP contribution in [0.25, 0.3) is 0 Å². The molecular formula is C23H21N5O. The van der Waals surface area contributed by atoms with Crippen molar-refractivity contribution in [2.45, 2.75) is 0 Å². The van der Waals surface area contributed by atoms with E-state index in [1.54, 1.807) is 36.7 Å². The molecule has 0 spiro atoms. The summed E-state index contributed by atoms with van der Waals surface area (Å²) in [5.74, 6) is -0.273. The number of para-hydroxylation sites is 2. The molecule has 2 heterocycles. The quantitative estimate of drug-likeness (QED) is 0.746. The Hall–Kier alpha value is -3.85. The first kappa shape index (κ1) is 18.5. The maximum Gasteiger partial charge on any atom is 0.257 e. The smallest absolute Gasteiger partial charge is 0.257 e. The fourth-order valence-corrected chi connectivity index (χ4v) is 3.47. The molecule has 0 radical (unpaired) electrons. The van der Waals surface area contributed by atoms with Crippen molar-refractivity contribution in [3.63, 3.8) is 0 Å². The zero-order valence-corrected chi connectivity index (χ0v) is 16.0. The van der Waals surface area contributed by atoms with E-state index >= 15 is 0 Å². The van der Waals surface area contributed by atoms with Gasteiger partial charge in [-0.05, 0) is 30.3 Å². The van der Waals surface area contributed by atoms with Gasteiger partial charge in [-0.2, -0.15) is 5.26 Å². The Kier molecular flexibility index (Phi) is 5.39. The fourth-order valence-electron chi connectivity index (χ4n) is 3.47. The van der Waals surface area contributed by atoms with Crippen LogP contribution in [-0.4, -0.2) is 37.1 Å². The van der Waals surface area contributed by atoms with Gasteiger partial charge in [0.2, 0.25) is 0 Å². The fraction of sp³-hybridized carbons (Fsp3) is 0.174. The molecule has 0 bridgehead atoms. The minimum absolute atomic E-state index is 0.273. The Morgan fingerprint density at radius 1 is 0.897 bits per heavy atom. The van der Waals surface area contributed by atoms with Crippen molar-refractivity contribution in [3.8, 4) is 6.07 Å². The first-order valence-electron chi connectivity index (χ1n) is 9.55. The highest BCUT2D eigenvalue weighted by atomic mass is 16.1. The summed E-state index contributed by atoms with van der Waals surface area (Å²) in [4.78, 5) is 21.5. The lowest BCUT2D eigenvalue weighted by atomic mass is 10.1. The Morgan fingerprint density at radius 3 is 2.28 bits per heavy atom. The second kappa shape index (κ2) is 8.44. The van der Waals surface area contributed by atoms with Gasteiger partial charge < -0.3 is 15.1 Å². The summed E-state index contributed by atoms with van der Waals surface area (Å²) in [6.45, 7) is 3.55. The number of amides is 1. The number of hydrogen-bond acceptors (Lipinski definition) is 5. The van der Waals surface area contributed by atoms with Crippen LogP contribution < -0.4 is 15.1 Å². The molecule has 0 saturated carbocycles. The van der Waals surface area contributed by atoms with Gasteiger partial charge in [0.05, 0.1) is 28.7 Å². The summed E-state index contributed by atoms with van der Waals surface area (Å²) in [5, 5.41) is 12.0. The molecule has 1 aliphatic heterocycles. The summed E-state index contributed by atoms with van der Waals surface area (Å²) in [7, 11) is 0. The summed E-state index contributed by atoms with van der Waals surface area (Å²) in [5.41, 5.74) is 3.57. The molecule has 1 saturated heterocycles.